The second-order valence-electron chi connectivity index (χ2n) is 4.47. The van der Waals surface area contributed by atoms with E-state index >= 15 is 0 Å². The van der Waals surface area contributed by atoms with E-state index in [2.05, 4.69) is 20.9 Å². The molecule has 90 valence electrons. The summed E-state index contributed by atoms with van der Waals surface area (Å²) < 4.78 is 2.87. The fourth-order valence-electron chi connectivity index (χ4n) is 1.64. The van der Waals surface area contributed by atoms with Crippen molar-refractivity contribution in [3.63, 3.8) is 0 Å². The average Bonchev–Trinajstić information content (AvgIpc) is 2.65. The zero-order valence-electron chi connectivity index (χ0n) is 9.61. The highest BCUT2D eigenvalue weighted by atomic mass is 79.9. The van der Waals surface area contributed by atoms with Gasteiger partial charge in [-0.1, -0.05) is 11.6 Å². The Labute approximate surface area is 114 Å². The SMILES string of the molecule is CC(C)(N)c1cncn1-c1ccc(Cl)cc1Br. The molecule has 0 atom stereocenters. The van der Waals surface area contributed by atoms with E-state index in [1.54, 1.807) is 12.5 Å². The molecule has 2 N–H and O–H groups in total. The van der Waals surface area contributed by atoms with E-state index in [1.165, 1.54) is 0 Å². The molecule has 1 aromatic heterocycles. The number of aromatic nitrogens is 2. The Balaban J connectivity index is 2.58. The molecule has 0 aliphatic heterocycles. The number of benzene rings is 1. The minimum atomic E-state index is -0.449. The van der Waals surface area contributed by atoms with Crippen LogP contribution in [0.3, 0.4) is 0 Å². The molecule has 2 rings (SSSR count). The van der Waals surface area contributed by atoms with Crippen LogP contribution < -0.4 is 5.73 Å². The Morgan fingerprint density at radius 2 is 2.12 bits per heavy atom. The molecular weight excluding hydrogens is 302 g/mol. The standard InChI is InChI=1S/C12H13BrClN3/c1-12(2,15)11-6-16-7-17(11)10-4-3-8(14)5-9(10)13/h3-7H,15H2,1-2H3. The van der Waals surface area contributed by atoms with Crippen LogP contribution in [0.15, 0.2) is 35.2 Å². The van der Waals surface area contributed by atoms with Gasteiger partial charge in [-0.25, -0.2) is 4.98 Å². The Bertz CT molecular complexity index is 543. The molecule has 0 bridgehead atoms. The lowest BCUT2D eigenvalue weighted by Gasteiger charge is -2.21. The number of nitrogens with two attached hydrogens (primary N) is 1. The molecule has 0 fully saturated rings. The summed E-state index contributed by atoms with van der Waals surface area (Å²) >= 11 is 9.42. The maximum Gasteiger partial charge on any atom is 0.0995 e. The van der Waals surface area contributed by atoms with E-state index in [0.717, 1.165) is 15.9 Å². The van der Waals surface area contributed by atoms with E-state index in [9.17, 15) is 0 Å². The Kier molecular flexibility index (Phi) is 3.30. The van der Waals surface area contributed by atoms with Crippen LogP contribution in [0.2, 0.25) is 5.02 Å². The molecule has 2 aromatic rings. The zero-order valence-corrected chi connectivity index (χ0v) is 12.0. The van der Waals surface area contributed by atoms with Crippen molar-refractivity contribution in [1.82, 2.24) is 9.55 Å². The van der Waals surface area contributed by atoms with Crippen LogP contribution in [0.4, 0.5) is 0 Å². The number of hydrogen-bond acceptors (Lipinski definition) is 2. The van der Waals surface area contributed by atoms with Gasteiger partial charge in [-0.15, -0.1) is 0 Å². The van der Waals surface area contributed by atoms with Crippen LogP contribution in [0, 0.1) is 0 Å². The van der Waals surface area contributed by atoms with Crippen LogP contribution in [0.5, 0.6) is 0 Å². The predicted molar refractivity (Wildman–Crippen MR) is 73.5 cm³/mol. The summed E-state index contributed by atoms with van der Waals surface area (Å²) in [5, 5.41) is 0.689. The number of nitrogens with zero attached hydrogens (tertiary/aromatic N) is 2. The van der Waals surface area contributed by atoms with Crippen molar-refractivity contribution in [2.24, 2.45) is 5.73 Å². The van der Waals surface area contributed by atoms with Gasteiger partial charge < -0.3 is 10.3 Å². The maximum atomic E-state index is 6.12. The summed E-state index contributed by atoms with van der Waals surface area (Å²) in [6.45, 7) is 3.90. The predicted octanol–water partition coefficient (Wildman–Crippen LogP) is 3.48. The first kappa shape index (κ1) is 12.6. The molecule has 0 aliphatic carbocycles. The van der Waals surface area contributed by atoms with Gasteiger partial charge in [0.25, 0.3) is 0 Å². The zero-order chi connectivity index (χ0) is 12.6. The van der Waals surface area contributed by atoms with Gasteiger partial charge in [0.2, 0.25) is 0 Å². The van der Waals surface area contributed by atoms with Crippen LogP contribution in [-0.2, 0) is 5.54 Å². The highest BCUT2D eigenvalue weighted by Gasteiger charge is 2.20. The topological polar surface area (TPSA) is 43.8 Å². The minimum Gasteiger partial charge on any atom is -0.321 e. The highest BCUT2D eigenvalue weighted by Crippen LogP contribution is 2.28. The van der Waals surface area contributed by atoms with Gasteiger partial charge in [0.05, 0.1) is 29.4 Å². The lowest BCUT2D eigenvalue weighted by atomic mass is 10.0. The lowest BCUT2D eigenvalue weighted by Crippen LogP contribution is -2.31. The van der Waals surface area contributed by atoms with Gasteiger partial charge >= 0.3 is 0 Å². The molecule has 3 nitrogen and oxygen atoms in total. The quantitative estimate of drug-likeness (QED) is 0.922. The molecule has 0 aliphatic rings. The largest absolute Gasteiger partial charge is 0.321 e. The second-order valence-corrected chi connectivity index (χ2v) is 5.76. The first-order valence-corrected chi connectivity index (χ1v) is 6.34. The summed E-state index contributed by atoms with van der Waals surface area (Å²) in [6, 6.07) is 5.63. The molecule has 1 heterocycles. The molecule has 0 unspecified atom stereocenters. The highest BCUT2D eigenvalue weighted by molar-refractivity contribution is 9.10. The molecule has 17 heavy (non-hydrogen) atoms. The third kappa shape index (κ3) is 2.54. The third-order valence-corrected chi connectivity index (χ3v) is 3.34. The van der Waals surface area contributed by atoms with E-state index in [0.29, 0.717) is 5.02 Å². The molecule has 0 amide bonds. The fourth-order valence-corrected chi connectivity index (χ4v) is 2.51. The fraction of sp³-hybridized carbons (Fsp3) is 0.250. The van der Waals surface area contributed by atoms with Crippen molar-refractivity contribution >= 4 is 27.5 Å². The van der Waals surface area contributed by atoms with E-state index < -0.39 is 5.54 Å². The first-order valence-electron chi connectivity index (χ1n) is 5.17. The van der Waals surface area contributed by atoms with Crippen molar-refractivity contribution in [3.8, 4) is 5.69 Å². The van der Waals surface area contributed by atoms with E-state index in [1.807, 2.05) is 36.6 Å². The Morgan fingerprint density at radius 3 is 2.71 bits per heavy atom. The van der Waals surface area contributed by atoms with Gasteiger partial charge in [-0.2, -0.15) is 0 Å². The van der Waals surface area contributed by atoms with Crippen molar-refractivity contribution in [2.45, 2.75) is 19.4 Å². The van der Waals surface area contributed by atoms with Crippen LogP contribution >= 0.6 is 27.5 Å². The Hall–Kier alpha value is -0.840. The molecule has 5 heteroatoms. The van der Waals surface area contributed by atoms with Gasteiger partial charge in [0.15, 0.2) is 0 Å². The number of imidazole rings is 1. The molecule has 1 aromatic carbocycles. The normalized spacial score (nSPS) is 11.8. The maximum absolute atomic E-state index is 6.12. The second kappa shape index (κ2) is 4.44. The van der Waals surface area contributed by atoms with Crippen LogP contribution in [0.1, 0.15) is 19.5 Å². The molecule has 0 radical (unpaired) electrons. The summed E-state index contributed by atoms with van der Waals surface area (Å²) in [7, 11) is 0. The van der Waals surface area contributed by atoms with Crippen molar-refractivity contribution in [1.29, 1.82) is 0 Å². The van der Waals surface area contributed by atoms with Crippen molar-refractivity contribution in [2.75, 3.05) is 0 Å². The minimum absolute atomic E-state index is 0.449. The smallest absolute Gasteiger partial charge is 0.0995 e. The molecule has 0 saturated heterocycles. The monoisotopic (exact) mass is 313 g/mol. The number of halogens is 2. The van der Waals surface area contributed by atoms with Crippen molar-refractivity contribution in [3.05, 3.63) is 45.9 Å². The van der Waals surface area contributed by atoms with Crippen LogP contribution in [0.25, 0.3) is 5.69 Å². The molecule has 0 saturated carbocycles. The Morgan fingerprint density at radius 1 is 1.41 bits per heavy atom. The first-order chi connectivity index (χ1) is 7.89. The third-order valence-electron chi connectivity index (χ3n) is 2.47. The lowest BCUT2D eigenvalue weighted by molar-refractivity contribution is 0.524. The summed E-state index contributed by atoms with van der Waals surface area (Å²) in [4.78, 5) is 4.16. The molecular formula is C12H13BrClN3. The number of rotatable bonds is 2. The van der Waals surface area contributed by atoms with Crippen molar-refractivity contribution < 1.29 is 0 Å². The summed E-state index contributed by atoms with van der Waals surface area (Å²) in [6.07, 6.45) is 3.53. The number of hydrogen-bond donors (Lipinski definition) is 1. The van der Waals surface area contributed by atoms with Gasteiger partial charge in [0, 0.05) is 9.50 Å². The van der Waals surface area contributed by atoms with Crippen LogP contribution in [-0.4, -0.2) is 9.55 Å². The average molecular weight is 315 g/mol. The molecule has 0 spiro atoms. The van der Waals surface area contributed by atoms with E-state index in [-0.39, 0.29) is 0 Å². The van der Waals surface area contributed by atoms with Gasteiger partial charge in [0.1, 0.15) is 0 Å². The van der Waals surface area contributed by atoms with Gasteiger partial charge in [-0.3, -0.25) is 0 Å². The van der Waals surface area contributed by atoms with E-state index in [4.69, 9.17) is 17.3 Å². The van der Waals surface area contributed by atoms with Gasteiger partial charge in [-0.05, 0) is 48.0 Å². The summed E-state index contributed by atoms with van der Waals surface area (Å²) in [5.41, 5.74) is 7.59. The summed E-state index contributed by atoms with van der Waals surface area (Å²) in [5.74, 6) is 0.